The van der Waals surface area contributed by atoms with Gasteiger partial charge in [-0.25, -0.2) is 0 Å². The third-order valence-corrected chi connectivity index (χ3v) is 5.66. The fourth-order valence-electron chi connectivity index (χ4n) is 4.12. The summed E-state index contributed by atoms with van der Waals surface area (Å²) >= 11 is 0. The highest BCUT2D eigenvalue weighted by Crippen LogP contribution is 2.47. The van der Waals surface area contributed by atoms with E-state index < -0.39 is 0 Å². The van der Waals surface area contributed by atoms with Crippen LogP contribution in [0.3, 0.4) is 0 Å². The van der Waals surface area contributed by atoms with E-state index in [2.05, 4.69) is 30.0 Å². The minimum atomic E-state index is 0.499. The van der Waals surface area contributed by atoms with Gasteiger partial charge in [-0.1, -0.05) is 17.9 Å². The van der Waals surface area contributed by atoms with Crippen LogP contribution >= 0.6 is 0 Å². The van der Waals surface area contributed by atoms with Gasteiger partial charge in [-0.15, -0.1) is 0 Å². The number of hydrogen-bond acceptors (Lipinski definition) is 1. The molecule has 21 heavy (non-hydrogen) atoms. The smallest absolute Gasteiger partial charge is 0.0571 e. The molecule has 0 aliphatic heterocycles. The Kier molecular flexibility index (Phi) is 3.31. The van der Waals surface area contributed by atoms with E-state index in [9.17, 15) is 0 Å². The summed E-state index contributed by atoms with van der Waals surface area (Å²) in [6.07, 6.45) is 10.8. The Balaban J connectivity index is 1.50. The van der Waals surface area contributed by atoms with E-state index in [0.29, 0.717) is 17.4 Å². The van der Waals surface area contributed by atoms with Crippen molar-refractivity contribution in [2.75, 3.05) is 7.11 Å². The summed E-state index contributed by atoms with van der Waals surface area (Å²) in [5, 5.41) is 0. The summed E-state index contributed by atoms with van der Waals surface area (Å²) in [6, 6.07) is 6.93. The lowest BCUT2D eigenvalue weighted by Gasteiger charge is -2.36. The first-order valence-electron chi connectivity index (χ1n) is 8.42. The van der Waals surface area contributed by atoms with Gasteiger partial charge in [0.2, 0.25) is 0 Å². The van der Waals surface area contributed by atoms with E-state index in [1.165, 1.54) is 56.9 Å². The molecular formula is C20H24O. The number of rotatable bonds is 1. The maximum absolute atomic E-state index is 5.53. The Morgan fingerprint density at radius 3 is 2.52 bits per heavy atom. The Morgan fingerprint density at radius 1 is 1.05 bits per heavy atom. The summed E-state index contributed by atoms with van der Waals surface area (Å²) in [5.41, 5.74) is 4.89. The standard InChI is InChI=1S/C20H24O/c1-21-19-8-10-20(11-9-19)13-17-7-6-16(12-18(17)14-20)5-4-15-2-3-15/h6-7,12,15,19H,2-3,8-11,13-14H2,1H3/t19-,20-. The first-order chi connectivity index (χ1) is 10.3. The second-order valence-corrected chi connectivity index (χ2v) is 7.32. The summed E-state index contributed by atoms with van der Waals surface area (Å²) < 4.78 is 5.53. The predicted octanol–water partition coefficient (Wildman–Crippen LogP) is 4.12. The minimum absolute atomic E-state index is 0.499. The first kappa shape index (κ1) is 13.4. The molecule has 0 amide bonds. The normalized spacial score (nSPS) is 30.8. The largest absolute Gasteiger partial charge is 0.381 e. The fourth-order valence-corrected chi connectivity index (χ4v) is 4.12. The zero-order valence-electron chi connectivity index (χ0n) is 13.0. The molecule has 4 rings (SSSR count). The highest BCUT2D eigenvalue weighted by molar-refractivity contribution is 5.44. The molecule has 0 aromatic heterocycles. The Morgan fingerprint density at radius 2 is 1.81 bits per heavy atom. The Bertz CT molecular complexity index is 592. The van der Waals surface area contributed by atoms with Gasteiger partial charge in [0.1, 0.15) is 0 Å². The van der Waals surface area contributed by atoms with Crippen molar-refractivity contribution in [2.24, 2.45) is 11.3 Å². The van der Waals surface area contributed by atoms with Crippen molar-refractivity contribution in [1.82, 2.24) is 0 Å². The van der Waals surface area contributed by atoms with Crippen molar-refractivity contribution in [2.45, 2.75) is 57.5 Å². The van der Waals surface area contributed by atoms with Gasteiger partial charge in [0.05, 0.1) is 6.10 Å². The molecule has 0 atom stereocenters. The highest BCUT2D eigenvalue weighted by Gasteiger charge is 2.40. The molecule has 110 valence electrons. The lowest BCUT2D eigenvalue weighted by molar-refractivity contribution is 0.0298. The average Bonchev–Trinajstić information content (AvgIpc) is 3.27. The van der Waals surface area contributed by atoms with Gasteiger partial charge in [-0.05, 0) is 80.0 Å². The van der Waals surface area contributed by atoms with Crippen molar-refractivity contribution in [3.05, 3.63) is 34.9 Å². The van der Waals surface area contributed by atoms with Crippen LogP contribution in [0.15, 0.2) is 18.2 Å². The zero-order chi connectivity index (χ0) is 14.3. The molecule has 1 spiro atoms. The van der Waals surface area contributed by atoms with E-state index in [-0.39, 0.29) is 0 Å². The molecule has 0 heterocycles. The van der Waals surface area contributed by atoms with E-state index >= 15 is 0 Å². The summed E-state index contributed by atoms with van der Waals surface area (Å²) in [5.74, 6) is 7.44. The number of ether oxygens (including phenoxy) is 1. The van der Waals surface area contributed by atoms with Crippen molar-refractivity contribution in [3.8, 4) is 11.8 Å². The summed E-state index contributed by atoms with van der Waals surface area (Å²) in [7, 11) is 1.86. The van der Waals surface area contributed by atoms with E-state index in [4.69, 9.17) is 4.74 Å². The van der Waals surface area contributed by atoms with Crippen LogP contribution in [0.4, 0.5) is 0 Å². The zero-order valence-corrected chi connectivity index (χ0v) is 13.0. The lowest BCUT2D eigenvalue weighted by atomic mass is 9.71. The van der Waals surface area contributed by atoms with Crippen LogP contribution in [-0.4, -0.2) is 13.2 Å². The van der Waals surface area contributed by atoms with Gasteiger partial charge in [0, 0.05) is 18.6 Å². The van der Waals surface area contributed by atoms with Crippen molar-refractivity contribution in [3.63, 3.8) is 0 Å². The molecule has 3 aliphatic rings. The maximum Gasteiger partial charge on any atom is 0.0571 e. The minimum Gasteiger partial charge on any atom is -0.381 e. The van der Waals surface area contributed by atoms with Crippen LogP contribution < -0.4 is 0 Å². The van der Waals surface area contributed by atoms with Crippen LogP contribution in [0.25, 0.3) is 0 Å². The topological polar surface area (TPSA) is 9.23 Å². The van der Waals surface area contributed by atoms with Gasteiger partial charge < -0.3 is 4.74 Å². The van der Waals surface area contributed by atoms with Gasteiger partial charge in [-0.2, -0.15) is 0 Å². The third kappa shape index (κ3) is 2.74. The average molecular weight is 280 g/mol. The van der Waals surface area contributed by atoms with Crippen molar-refractivity contribution >= 4 is 0 Å². The number of benzene rings is 1. The number of methoxy groups -OCH3 is 1. The first-order valence-corrected chi connectivity index (χ1v) is 8.42. The number of hydrogen-bond donors (Lipinski definition) is 0. The van der Waals surface area contributed by atoms with Crippen LogP contribution in [0.2, 0.25) is 0 Å². The molecular weight excluding hydrogens is 256 g/mol. The number of fused-ring (bicyclic) bond motifs is 1. The van der Waals surface area contributed by atoms with Gasteiger partial charge in [0.25, 0.3) is 0 Å². The predicted molar refractivity (Wildman–Crippen MR) is 85.2 cm³/mol. The van der Waals surface area contributed by atoms with Gasteiger partial charge in [0.15, 0.2) is 0 Å². The molecule has 1 aromatic carbocycles. The quantitative estimate of drug-likeness (QED) is 0.703. The summed E-state index contributed by atoms with van der Waals surface area (Å²) in [4.78, 5) is 0. The third-order valence-electron chi connectivity index (χ3n) is 5.66. The van der Waals surface area contributed by atoms with Gasteiger partial charge >= 0.3 is 0 Å². The van der Waals surface area contributed by atoms with Crippen molar-refractivity contribution in [1.29, 1.82) is 0 Å². The molecule has 3 aliphatic carbocycles. The second-order valence-electron chi connectivity index (χ2n) is 7.32. The molecule has 0 radical (unpaired) electrons. The van der Waals surface area contributed by atoms with Crippen LogP contribution in [0.1, 0.15) is 55.2 Å². The van der Waals surface area contributed by atoms with Crippen molar-refractivity contribution < 1.29 is 4.74 Å². The molecule has 2 fully saturated rings. The molecule has 1 aromatic rings. The molecule has 0 N–H and O–H groups in total. The molecule has 1 heteroatoms. The SMILES string of the molecule is CO[C@H]1CC[C@]2(CC1)Cc1ccc(C#CC3CC3)cc1C2. The Labute approximate surface area is 128 Å². The highest BCUT2D eigenvalue weighted by atomic mass is 16.5. The molecule has 1 nitrogen and oxygen atoms in total. The fraction of sp³-hybridized carbons (Fsp3) is 0.600. The second kappa shape index (κ2) is 5.18. The molecule has 2 saturated carbocycles. The monoisotopic (exact) mass is 280 g/mol. The molecule has 0 bridgehead atoms. The molecule has 0 saturated heterocycles. The van der Waals surface area contributed by atoms with Crippen LogP contribution in [-0.2, 0) is 17.6 Å². The van der Waals surface area contributed by atoms with E-state index in [0.717, 1.165) is 0 Å². The lowest BCUT2D eigenvalue weighted by Crippen LogP contribution is -2.31. The summed E-state index contributed by atoms with van der Waals surface area (Å²) in [6.45, 7) is 0. The van der Waals surface area contributed by atoms with E-state index in [1.807, 2.05) is 7.11 Å². The van der Waals surface area contributed by atoms with E-state index in [1.54, 1.807) is 11.1 Å². The Hall–Kier alpha value is -1.26. The van der Waals surface area contributed by atoms with Gasteiger partial charge in [-0.3, -0.25) is 0 Å². The van der Waals surface area contributed by atoms with Crippen LogP contribution in [0, 0.1) is 23.2 Å². The molecule has 0 unspecified atom stereocenters. The maximum atomic E-state index is 5.53. The van der Waals surface area contributed by atoms with Crippen LogP contribution in [0.5, 0.6) is 0 Å².